The van der Waals surface area contributed by atoms with Crippen LogP contribution in [0.25, 0.3) is 5.69 Å². The van der Waals surface area contributed by atoms with Gasteiger partial charge in [0.1, 0.15) is 11.8 Å². The molecule has 124 valence electrons. The van der Waals surface area contributed by atoms with Gasteiger partial charge in [0.05, 0.1) is 40.7 Å². The van der Waals surface area contributed by atoms with Gasteiger partial charge in [-0.25, -0.2) is 0 Å². The summed E-state index contributed by atoms with van der Waals surface area (Å²) < 4.78 is 12.7. The highest BCUT2D eigenvalue weighted by Gasteiger charge is 2.59. The molecule has 2 bridgehead atoms. The van der Waals surface area contributed by atoms with Gasteiger partial charge in [0.2, 0.25) is 11.8 Å². The van der Waals surface area contributed by atoms with E-state index in [2.05, 4.69) is 6.07 Å². The van der Waals surface area contributed by atoms with E-state index in [1.165, 1.54) is 11.7 Å². The number of aromatic nitrogens is 1. The molecule has 24 heavy (non-hydrogen) atoms. The highest BCUT2D eigenvalue weighted by atomic mass is 16.5. The number of hydrogen-bond donors (Lipinski definition) is 2. The normalized spacial score (nSPS) is 27.1. The van der Waals surface area contributed by atoms with Gasteiger partial charge < -0.3 is 19.7 Å². The van der Waals surface area contributed by atoms with E-state index in [4.69, 9.17) is 14.7 Å². The average molecular weight is 326 g/mol. The summed E-state index contributed by atoms with van der Waals surface area (Å²) in [7, 11) is 1.48. The third-order valence-electron chi connectivity index (χ3n) is 5.27. The molecule has 1 saturated heterocycles. The zero-order chi connectivity index (χ0) is 17.3. The zero-order valence-corrected chi connectivity index (χ0v) is 13.8. The van der Waals surface area contributed by atoms with Gasteiger partial charge in [-0.1, -0.05) is 0 Å². The van der Waals surface area contributed by atoms with Crippen LogP contribution in [-0.4, -0.2) is 21.9 Å². The summed E-state index contributed by atoms with van der Waals surface area (Å²) >= 11 is 0. The molecule has 0 spiro atoms. The van der Waals surface area contributed by atoms with E-state index in [1.807, 2.05) is 13.8 Å². The fourth-order valence-corrected chi connectivity index (χ4v) is 4.13. The van der Waals surface area contributed by atoms with Gasteiger partial charge in [-0.3, -0.25) is 4.57 Å². The number of fused-ring (bicyclic) bond motifs is 5. The Morgan fingerprint density at radius 3 is 2.25 bits per heavy atom. The Balaban J connectivity index is 1.96. The summed E-state index contributed by atoms with van der Waals surface area (Å²) in [6.07, 6.45) is 1.59. The molecule has 1 aromatic heterocycles. The maximum absolute atomic E-state index is 10.8. The smallest absolute Gasteiger partial charge is 0.205 e. The molecule has 0 unspecified atom stereocenters. The molecule has 2 N–H and O–H groups in total. The van der Waals surface area contributed by atoms with Crippen LogP contribution in [0.4, 0.5) is 0 Å². The van der Waals surface area contributed by atoms with Crippen LogP contribution in [0.5, 0.6) is 17.5 Å². The fraction of sp³-hybridized carbons (Fsp3) is 0.389. The van der Waals surface area contributed by atoms with Gasteiger partial charge in [-0.2, -0.15) is 5.26 Å². The van der Waals surface area contributed by atoms with E-state index in [0.717, 1.165) is 12.8 Å². The molecule has 2 atom stereocenters. The molecule has 4 rings (SSSR count). The average Bonchev–Trinajstić information content (AvgIpc) is 3.11. The van der Waals surface area contributed by atoms with Crippen LogP contribution in [0.3, 0.4) is 0 Å². The van der Waals surface area contributed by atoms with Crippen molar-refractivity contribution in [2.75, 3.05) is 7.11 Å². The Morgan fingerprint density at radius 1 is 1.17 bits per heavy atom. The van der Waals surface area contributed by atoms with E-state index in [9.17, 15) is 10.2 Å². The molecule has 0 amide bonds. The number of methoxy groups -OCH3 is 1. The van der Waals surface area contributed by atoms with E-state index in [0.29, 0.717) is 28.1 Å². The third kappa shape index (κ3) is 1.62. The Bertz CT molecular complexity index is 871. The third-order valence-corrected chi connectivity index (χ3v) is 5.27. The van der Waals surface area contributed by atoms with Crippen molar-refractivity contribution < 1.29 is 19.7 Å². The second-order valence-electron chi connectivity index (χ2n) is 6.79. The molecule has 0 aliphatic carbocycles. The Labute approximate surface area is 139 Å². The first-order valence-electron chi connectivity index (χ1n) is 7.81. The van der Waals surface area contributed by atoms with Crippen molar-refractivity contribution in [3.8, 4) is 29.3 Å². The van der Waals surface area contributed by atoms with Crippen molar-refractivity contribution >= 4 is 0 Å². The molecule has 2 aliphatic heterocycles. The molecular formula is C18H18N2O4. The summed E-state index contributed by atoms with van der Waals surface area (Å²) in [5.74, 6) is 0.333. The number of aromatic hydroxyl groups is 2. The van der Waals surface area contributed by atoms with Crippen LogP contribution in [0.1, 0.15) is 43.4 Å². The van der Waals surface area contributed by atoms with Crippen molar-refractivity contribution in [2.24, 2.45) is 0 Å². The Hall–Kier alpha value is -2.65. The van der Waals surface area contributed by atoms with Crippen molar-refractivity contribution in [2.45, 2.75) is 37.9 Å². The highest BCUT2D eigenvalue weighted by molar-refractivity contribution is 5.62. The molecule has 0 radical (unpaired) electrons. The van der Waals surface area contributed by atoms with Gasteiger partial charge in [-0.05, 0) is 38.8 Å². The predicted octanol–water partition coefficient (Wildman–Crippen LogP) is 3.02. The van der Waals surface area contributed by atoms with Crippen LogP contribution in [0.2, 0.25) is 0 Å². The number of ether oxygens (including phenoxy) is 2. The van der Waals surface area contributed by atoms with Crippen molar-refractivity contribution in [1.82, 2.24) is 4.57 Å². The lowest BCUT2D eigenvalue weighted by molar-refractivity contribution is -0.0683. The second kappa shape index (κ2) is 4.46. The lowest BCUT2D eigenvalue weighted by Gasteiger charge is -2.21. The van der Waals surface area contributed by atoms with Gasteiger partial charge in [0.15, 0.2) is 0 Å². The molecule has 6 nitrogen and oxygen atoms in total. The quantitative estimate of drug-likeness (QED) is 0.885. The predicted molar refractivity (Wildman–Crippen MR) is 85.4 cm³/mol. The summed E-state index contributed by atoms with van der Waals surface area (Å²) in [5.41, 5.74) is 1.04. The van der Waals surface area contributed by atoms with Crippen LogP contribution in [0, 0.1) is 11.3 Å². The van der Waals surface area contributed by atoms with Gasteiger partial charge in [0, 0.05) is 6.07 Å². The second-order valence-corrected chi connectivity index (χ2v) is 6.79. The van der Waals surface area contributed by atoms with Gasteiger partial charge in [-0.15, -0.1) is 0 Å². The zero-order valence-electron chi connectivity index (χ0n) is 13.8. The summed E-state index contributed by atoms with van der Waals surface area (Å²) in [6.45, 7) is 3.87. The minimum Gasteiger partial charge on any atom is -0.495 e. The molecule has 3 heterocycles. The maximum Gasteiger partial charge on any atom is 0.205 e. The maximum atomic E-state index is 10.8. The van der Waals surface area contributed by atoms with Gasteiger partial charge in [0.25, 0.3) is 0 Å². The number of nitriles is 1. The first-order valence-corrected chi connectivity index (χ1v) is 7.81. The summed E-state index contributed by atoms with van der Waals surface area (Å²) in [5, 5.41) is 30.7. The molecular weight excluding hydrogens is 308 g/mol. The molecule has 6 heteroatoms. The standard InChI is InChI=1S/C18H18N2O4/c1-17-6-7-18(2,24-17)14-13(17)15(21)20(16(14)22)11-5-4-10(9-19)12(8-11)23-3/h4-5,8,21-22H,6-7H2,1-3H3/t17-,18+. The molecule has 2 aromatic rings. The number of nitrogens with zero attached hydrogens (tertiary/aromatic N) is 2. The van der Waals surface area contributed by atoms with E-state index in [1.54, 1.807) is 18.2 Å². The lowest BCUT2D eigenvalue weighted by atomic mass is 9.80. The number of hydrogen-bond acceptors (Lipinski definition) is 5. The monoisotopic (exact) mass is 326 g/mol. The number of benzene rings is 1. The largest absolute Gasteiger partial charge is 0.495 e. The lowest BCUT2D eigenvalue weighted by Crippen LogP contribution is -2.17. The molecule has 1 aromatic carbocycles. The number of rotatable bonds is 2. The van der Waals surface area contributed by atoms with Crippen molar-refractivity contribution in [3.63, 3.8) is 0 Å². The van der Waals surface area contributed by atoms with E-state index >= 15 is 0 Å². The summed E-state index contributed by atoms with van der Waals surface area (Å²) in [6, 6.07) is 6.95. The topological polar surface area (TPSA) is 87.6 Å². The minimum absolute atomic E-state index is 0.0276. The fourth-order valence-electron chi connectivity index (χ4n) is 4.13. The minimum atomic E-state index is -0.590. The van der Waals surface area contributed by atoms with Gasteiger partial charge >= 0.3 is 0 Å². The first-order chi connectivity index (χ1) is 11.3. The van der Waals surface area contributed by atoms with E-state index < -0.39 is 11.2 Å². The van der Waals surface area contributed by atoms with Crippen LogP contribution in [-0.2, 0) is 15.9 Å². The molecule has 1 fully saturated rings. The first kappa shape index (κ1) is 14.9. The van der Waals surface area contributed by atoms with Crippen molar-refractivity contribution in [3.05, 3.63) is 34.9 Å². The van der Waals surface area contributed by atoms with Crippen LogP contribution in [0.15, 0.2) is 18.2 Å². The van der Waals surface area contributed by atoms with E-state index in [-0.39, 0.29) is 11.8 Å². The van der Waals surface area contributed by atoms with Crippen LogP contribution < -0.4 is 4.74 Å². The highest BCUT2D eigenvalue weighted by Crippen LogP contribution is 2.64. The molecule has 2 aliphatic rings. The SMILES string of the molecule is COc1cc(-n2c(O)c3c(c2O)[C@]2(C)CC[C@@]3(C)O2)ccc1C#N. The summed E-state index contributed by atoms with van der Waals surface area (Å²) in [4.78, 5) is 0. The Morgan fingerprint density at radius 2 is 1.75 bits per heavy atom. The van der Waals surface area contributed by atoms with Crippen LogP contribution >= 0.6 is 0 Å². The van der Waals surface area contributed by atoms with Crippen molar-refractivity contribution in [1.29, 1.82) is 5.26 Å². The Kier molecular flexibility index (Phi) is 2.77. The molecule has 0 saturated carbocycles.